The molecule has 0 saturated carbocycles. The van der Waals surface area contributed by atoms with Crippen molar-refractivity contribution in [2.45, 2.75) is 24.3 Å². The molecular formula is C35H30F3N3S. The number of hydrogen-bond acceptors (Lipinski definition) is 2. The average Bonchev–Trinajstić information content (AvgIpc) is 3.02. The van der Waals surface area contributed by atoms with Crippen LogP contribution in [0.3, 0.4) is 0 Å². The first-order chi connectivity index (χ1) is 20.4. The lowest BCUT2D eigenvalue weighted by atomic mass is 9.90. The van der Waals surface area contributed by atoms with Gasteiger partial charge in [-0.15, -0.1) is 0 Å². The maximum Gasteiger partial charge on any atom is 0.416 e. The molecule has 3 nitrogen and oxygen atoms in total. The SMILES string of the molecule is FC(F)(F)c1ccc(NC(=S)NC(c2ccccc2)C(NC(c2ccccc2)c2ccccc2)c2ccccc2)cc1. The topological polar surface area (TPSA) is 36.1 Å². The molecule has 0 radical (unpaired) electrons. The first-order valence-corrected chi connectivity index (χ1v) is 14.0. The van der Waals surface area contributed by atoms with Gasteiger partial charge in [0.25, 0.3) is 0 Å². The van der Waals surface area contributed by atoms with E-state index in [1.54, 1.807) is 0 Å². The molecular weight excluding hydrogens is 551 g/mol. The number of halogens is 3. The highest BCUT2D eigenvalue weighted by molar-refractivity contribution is 7.80. The van der Waals surface area contributed by atoms with Gasteiger partial charge in [0.2, 0.25) is 0 Å². The number of alkyl halides is 3. The second kappa shape index (κ2) is 13.5. The zero-order chi connectivity index (χ0) is 29.4. The van der Waals surface area contributed by atoms with Crippen molar-refractivity contribution < 1.29 is 13.2 Å². The van der Waals surface area contributed by atoms with E-state index in [-0.39, 0.29) is 18.1 Å². The standard InChI is InChI=1S/C35H30F3N3S/c36-35(37,38)29-21-23-30(24-22-29)39-34(42)41-33(28-19-11-4-12-20-28)32(27-17-9-3-10-18-27)40-31(25-13-5-1-6-14-25)26-15-7-2-8-16-26/h1-24,31-33,40H,(H2,39,41,42). The number of nitrogens with one attached hydrogen (secondary N) is 3. The predicted octanol–water partition coefficient (Wildman–Crippen LogP) is 8.85. The van der Waals surface area contributed by atoms with Gasteiger partial charge in [0.05, 0.1) is 23.7 Å². The Balaban J connectivity index is 1.50. The molecule has 0 aromatic heterocycles. The third-order valence-corrected chi connectivity index (χ3v) is 7.24. The maximum atomic E-state index is 13.1. The van der Waals surface area contributed by atoms with Crippen LogP contribution in [0.1, 0.15) is 45.9 Å². The molecule has 7 heteroatoms. The number of hydrogen-bond donors (Lipinski definition) is 3. The lowest BCUT2D eigenvalue weighted by Gasteiger charge is -2.34. The highest BCUT2D eigenvalue weighted by atomic mass is 32.1. The fraction of sp³-hybridized carbons (Fsp3) is 0.114. The molecule has 0 heterocycles. The molecule has 42 heavy (non-hydrogen) atoms. The molecule has 5 aromatic carbocycles. The third kappa shape index (κ3) is 7.43. The molecule has 212 valence electrons. The van der Waals surface area contributed by atoms with Crippen LogP contribution in [0.15, 0.2) is 146 Å². The van der Waals surface area contributed by atoms with Gasteiger partial charge in [0.15, 0.2) is 5.11 Å². The summed E-state index contributed by atoms with van der Waals surface area (Å²) in [5.74, 6) is 0. The van der Waals surface area contributed by atoms with Gasteiger partial charge in [-0.2, -0.15) is 13.2 Å². The van der Waals surface area contributed by atoms with Crippen molar-refractivity contribution in [1.82, 2.24) is 10.6 Å². The normalized spacial score (nSPS) is 12.9. The molecule has 0 fully saturated rings. The van der Waals surface area contributed by atoms with E-state index in [0.29, 0.717) is 10.8 Å². The Bertz CT molecular complexity index is 1510. The van der Waals surface area contributed by atoms with Crippen molar-refractivity contribution in [3.05, 3.63) is 173 Å². The Morgan fingerprint density at radius 1 is 0.524 bits per heavy atom. The molecule has 3 N–H and O–H groups in total. The van der Waals surface area contributed by atoms with E-state index in [4.69, 9.17) is 12.2 Å². The Morgan fingerprint density at radius 2 is 0.929 bits per heavy atom. The molecule has 2 unspecified atom stereocenters. The van der Waals surface area contributed by atoms with Gasteiger partial charge in [0.1, 0.15) is 0 Å². The minimum Gasteiger partial charge on any atom is -0.354 e. The quantitative estimate of drug-likeness (QED) is 0.152. The monoisotopic (exact) mass is 581 g/mol. The second-order valence-corrected chi connectivity index (χ2v) is 10.3. The molecule has 5 aromatic rings. The smallest absolute Gasteiger partial charge is 0.354 e. The highest BCUT2D eigenvalue weighted by Crippen LogP contribution is 2.34. The van der Waals surface area contributed by atoms with Crippen LogP contribution in [0, 0.1) is 0 Å². The minimum atomic E-state index is -4.40. The third-order valence-electron chi connectivity index (χ3n) is 7.02. The summed E-state index contributed by atoms with van der Waals surface area (Å²) in [6.45, 7) is 0. The van der Waals surface area contributed by atoms with Crippen LogP contribution in [-0.4, -0.2) is 5.11 Å². The Labute approximate surface area is 249 Å². The van der Waals surface area contributed by atoms with Gasteiger partial charge in [-0.1, -0.05) is 121 Å². The van der Waals surface area contributed by atoms with Crippen molar-refractivity contribution in [3.63, 3.8) is 0 Å². The fourth-order valence-electron chi connectivity index (χ4n) is 4.97. The van der Waals surface area contributed by atoms with Gasteiger partial charge < -0.3 is 10.6 Å². The number of rotatable bonds is 9. The minimum absolute atomic E-state index is 0.137. The van der Waals surface area contributed by atoms with Gasteiger partial charge >= 0.3 is 6.18 Å². The zero-order valence-corrected chi connectivity index (χ0v) is 23.4. The first kappa shape index (κ1) is 29.0. The van der Waals surface area contributed by atoms with Crippen LogP contribution in [0.25, 0.3) is 0 Å². The molecule has 0 amide bonds. The summed E-state index contributed by atoms with van der Waals surface area (Å²) in [7, 11) is 0. The van der Waals surface area contributed by atoms with Crippen LogP contribution in [0.5, 0.6) is 0 Å². The number of thiocarbonyl (C=S) groups is 1. The lowest BCUT2D eigenvalue weighted by Crippen LogP contribution is -2.41. The average molecular weight is 582 g/mol. The van der Waals surface area contributed by atoms with Gasteiger partial charge in [0, 0.05) is 5.69 Å². The summed E-state index contributed by atoms with van der Waals surface area (Å²) >= 11 is 5.72. The summed E-state index contributed by atoms with van der Waals surface area (Å²) in [5, 5.41) is 10.8. The Hall–Kier alpha value is -4.46. The van der Waals surface area contributed by atoms with Gasteiger partial charge in [-0.05, 0) is 58.7 Å². The fourth-order valence-corrected chi connectivity index (χ4v) is 5.22. The number of benzene rings is 5. The first-order valence-electron chi connectivity index (χ1n) is 13.6. The predicted molar refractivity (Wildman–Crippen MR) is 167 cm³/mol. The van der Waals surface area contributed by atoms with E-state index in [9.17, 15) is 13.2 Å². The molecule has 0 bridgehead atoms. The number of anilines is 1. The largest absolute Gasteiger partial charge is 0.416 e. The summed E-state index contributed by atoms with van der Waals surface area (Å²) in [5.41, 5.74) is 4.02. The van der Waals surface area contributed by atoms with Crippen LogP contribution >= 0.6 is 12.2 Å². The maximum absolute atomic E-state index is 13.1. The molecule has 0 saturated heterocycles. The molecule has 0 spiro atoms. The molecule has 5 rings (SSSR count). The van der Waals surface area contributed by atoms with E-state index >= 15 is 0 Å². The van der Waals surface area contributed by atoms with Crippen molar-refractivity contribution in [2.75, 3.05) is 5.32 Å². The molecule has 0 aliphatic rings. The van der Waals surface area contributed by atoms with E-state index in [2.05, 4.69) is 52.3 Å². The summed E-state index contributed by atoms with van der Waals surface area (Å²) in [6.07, 6.45) is -4.40. The zero-order valence-electron chi connectivity index (χ0n) is 22.6. The summed E-state index contributed by atoms with van der Waals surface area (Å²) in [6, 6.07) is 44.8. The Morgan fingerprint density at radius 3 is 1.36 bits per heavy atom. The van der Waals surface area contributed by atoms with E-state index in [1.807, 2.05) is 84.9 Å². The van der Waals surface area contributed by atoms with Crippen molar-refractivity contribution in [1.29, 1.82) is 0 Å². The Kier molecular flexibility index (Phi) is 9.31. The van der Waals surface area contributed by atoms with E-state index in [1.165, 1.54) is 12.1 Å². The molecule has 0 aliphatic carbocycles. The second-order valence-electron chi connectivity index (χ2n) is 9.87. The lowest BCUT2D eigenvalue weighted by molar-refractivity contribution is -0.137. The van der Waals surface area contributed by atoms with Crippen molar-refractivity contribution in [3.8, 4) is 0 Å². The molecule has 0 aliphatic heterocycles. The van der Waals surface area contributed by atoms with E-state index in [0.717, 1.165) is 34.4 Å². The molecule has 2 atom stereocenters. The highest BCUT2D eigenvalue weighted by Gasteiger charge is 2.31. The van der Waals surface area contributed by atoms with Crippen molar-refractivity contribution >= 4 is 23.0 Å². The summed E-state index contributed by atoms with van der Waals surface area (Å²) in [4.78, 5) is 0. The van der Waals surface area contributed by atoms with Gasteiger partial charge in [-0.25, -0.2) is 0 Å². The van der Waals surface area contributed by atoms with Crippen LogP contribution in [0.2, 0.25) is 0 Å². The van der Waals surface area contributed by atoms with Crippen molar-refractivity contribution in [2.24, 2.45) is 0 Å². The van der Waals surface area contributed by atoms with Gasteiger partial charge in [-0.3, -0.25) is 5.32 Å². The van der Waals surface area contributed by atoms with Crippen LogP contribution in [0.4, 0.5) is 18.9 Å². The van der Waals surface area contributed by atoms with Crippen LogP contribution < -0.4 is 16.0 Å². The van der Waals surface area contributed by atoms with E-state index < -0.39 is 11.7 Å². The summed E-state index contributed by atoms with van der Waals surface area (Å²) < 4.78 is 39.2. The van der Waals surface area contributed by atoms with Crippen LogP contribution in [-0.2, 0) is 6.18 Å².